The van der Waals surface area contributed by atoms with E-state index < -0.39 is 0 Å². The molecule has 1 aliphatic heterocycles. The van der Waals surface area contributed by atoms with Gasteiger partial charge in [-0.1, -0.05) is 60.5 Å². The summed E-state index contributed by atoms with van der Waals surface area (Å²) in [7, 11) is 0. The summed E-state index contributed by atoms with van der Waals surface area (Å²) in [4.78, 5) is 21.7. The number of carbonyl (C=O) groups excluding carboxylic acids is 2. The summed E-state index contributed by atoms with van der Waals surface area (Å²) in [6.45, 7) is 5.49. The SMILES string of the molecule is C=CCCCCOC(=O)CBr.O=C1COCCCCCCCCCCO1. The first-order valence-corrected chi connectivity index (χ1v) is 10.9. The van der Waals surface area contributed by atoms with Crippen molar-refractivity contribution in [3.05, 3.63) is 12.7 Å². The summed E-state index contributed by atoms with van der Waals surface area (Å²) >= 11 is 3.01. The van der Waals surface area contributed by atoms with E-state index in [0.29, 0.717) is 19.8 Å². The molecule has 0 aromatic rings. The molecule has 0 aromatic carbocycles. The number of cyclic esters (lactones) is 1. The van der Waals surface area contributed by atoms with Crippen molar-refractivity contribution in [2.45, 2.75) is 70.6 Å². The second-order valence-corrected chi connectivity index (χ2v) is 6.80. The Bertz CT molecular complexity index is 344. The van der Waals surface area contributed by atoms with E-state index in [1.54, 1.807) is 0 Å². The summed E-state index contributed by atoms with van der Waals surface area (Å²) in [6.07, 6.45) is 14.5. The van der Waals surface area contributed by atoms with E-state index in [4.69, 9.17) is 14.2 Å². The highest BCUT2D eigenvalue weighted by Gasteiger charge is 2.03. The molecule has 0 aliphatic carbocycles. The highest BCUT2D eigenvalue weighted by atomic mass is 79.9. The van der Waals surface area contributed by atoms with Gasteiger partial charge in [0.2, 0.25) is 0 Å². The average Bonchev–Trinajstić information content (AvgIpc) is 2.65. The molecular formula is C20H35BrO5. The summed E-state index contributed by atoms with van der Waals surface area (Å²) in [5, 5.41) is 0.286. The number of carbonyl (C=O) groups is 2. The van der Waals surface area contributed by atoms with Gasteiger partial charge >= 0.3 is 11.9 Å². The molecule has 0 radical (unpaired) electrons. The Morgan fingerprint density at radius 1 is 1.04 bits per heavy atom. The average molecular weight is 435 g/mol. The lowest BCUT2D eigenvalue weighted by atomic mass is 10.1. The highest BCUT2D eigenvalue weighted by Crippen LogP contribution is 2.09. The van der Waals surface area contributed by atoms with Crippen molar-refractivity contribution in [3.63, 3.8) is 0 Å². The second kappa shape index (κ2) is 20.4. The van der Waals surface area contributed by atoms with E-state index in [0.717, 1.165) is 32.1 Å². The summed E-state index contributed by atoms with van der Waals surface area (Å²) in [5.74, 6) is -0.407. The van der Waals surface area contributed by atoms with Gasteiger partial charge in [-0.3, -0.25) is 4.79 Å². The van der Waals surface area contributed by atoms with Crippen LogP contribution in [-0.4, -0.2) is 43.7 Å². The summed E-state index contributed by atoms with van der Waals surface area (Å²) in [5.41, 5.74) is 0. The smallest absolute Gasteiger partial charge is 0.332 e. The third-order valence-corrected chi connectivity index (χ3v) is 4.30. The third kappa shape index (κ3) is 19.4. The molecule has 152 valence electrons. The van der Waals surface area contributed by atoms with Crippen LogP contribution in [0.4, 0.5) is 0 Å². The number of esters is 2. The van der Waals surface area contributed by atoms with E-state index in [9.17, 15) is 9.59 Å². The molecule has 6 heteroatoms. The molecule has 0 bridgehead atoms. The minimum absolute atomic E-state index is 0.125. The topological polar surface area (TPSA) is 61.8 Å². The van der Waals surface area contributed by atoms with Crippen molar-refractivity contribution in [3.8, 4) is 0 Å². The largest absolute Gasteiger partial charge is 0.465 e. The van der Waals surface area contributed by atoms with Gasteiger partial charge in [0.1, 0.15) is 11.9 Å². The quantitative estimate of drug-likeness (QED) is 0.255. The molecule has 0 atom stereocenters. The van der Waals surface area contributed by atoms with E-state index in [2.05, 4.69) is 22.5 Å². The van der Waals surface area contributed by atoms with Crippen molar-refractivity contribution in [2.24, 2.45) is 0 Å². The van der Waals surface area contributed by atoms with Crippen LogP contribution in [-0.2, 0) is 23.8 Å². The van der Waals surface area contributed by atoms with Gasteiger partial charge in [0.15, 0.2) is 0 Å². The number of alkyl halides is 1. The molecular weight excluding hydrogens is 400 g/mol. The molecule has 0 spiro atoms. The molecule has 0 N–H and O–H groups in total. The number of unbranched alkanes of at least 4 members (excludes halogenated alkanes) is 2. The zero-order valence-corrected chi connectivity index (χ0v) is 17.6. The zero-order valence-electron chi connectivity index (χ0n) is 16.0. The number of ether oxygens (including phenoxy) is 3. The molecule has 0 unspecified atom stereocenters. The summed E-state index contributed by atoms with van der Waals surface area (Å²) < 4.78 is 15.1. The van der Waals surface area contributed by atoms with Crippen LogP contribution >= 0.6 is 15.9 Å². The molecule has 1 saturated heterocycles. The predicted octanol–water partition coefficient (Wildman–Crippen LogP) is 4.96. The van der Waals surface area contributed by atoms with Crippen LogP contribution in [0, 0.1) is 0 Å². The lowest BCUT2D eigenvalue weighted by molar-refractivity contribution is -0.149. The van der Waals surface area contributed by atoms with Crippen LogP contribution in [0.5, 0.6) is 0 Å². The van der Waals surface area contributed by atoms with E-state index >= 15 is 0 Å². The van der Waals surface area contributed by atoms with Crippen LogP contribution in [0.3, 0.4) is 0 Å². The normalized spacial score (nSPS) is 17.0. The Balaban J connectivity index is 0.000000508. The minimum Gasteiger partial charge on any atom is -0.465 e. The number of hydrogen-bond donors (Lipinski definition) is 0. The molecule has 1 rings (SSSR count). The van der Waals surface area contributed by atoms with Crippen molar-refractivity contribution in [2.75, 3.05) is 31.8 Å². The fourth-order valence-corrected chi connectivity index (χ4v) is 2.53. The Morgan fingerprint density at radius 3 is 2.27 bits per heavy atom. The maximum Gasteiger partial charge on any atom is 0.332 e. The van der Waals surface area contributed by atoms with Crippen LogP contribution < -0.4 is 0 Å². The van der Waals surface area contributed by atoms with Crippen molar-refractivity contribution < 1.29 is 23.8 Å². The van der Waals surface area contributed by atoms with E-state index in [-0.39, 0.29) is 23.9 Å². The molecule has 26 heavy (non-hydrogen) atoms. The molecule has 1 heterocycles. The molecule has 1 fully saturated rings. The predicted molar refractivity (Wildman–Crippen MR) is 108 cm³/mol. The number of rotatable bonds is 6. The summed E-state index contributed by atoms with van der Waals surface area (Å²) in [6, 6.07) is 0. The van der Waals surface area contributed by atoms with Gasteiger partial charge in [0.05, 0.1) is 13.2 Å². The zero-order chi connectivity index (χ0) is 19.3. The standard InChI is InChI=1S/C12H22O3.C8H13BrO2/c13-12-11-14-9-7-5-3-1-2-4-6-8-10-15-12;1-2-3-4-5-6-11-8(10)7-9/h1-11H2;2H,1,3-7H2. The molecule has 0 saturated carbocycles. The molecule has 1 aliphatic rings. The minimum atomic E-state index is -0.216. The Kier molecular flexibility index (Phi) is 19.7. The van der Waals surface area contributed by atoms with Gasteiger partial charge < -0.3 is 14.2 Å². The second-order valence-electron chi connectivity index (χ2n) is 6.24. The fourth-order valence-electron chi connectivity index (χ4n) is 2.37. The van der Waals surface area contributed by atoms with Crippen LogP contribution in [0.15, 0.2) is 12.7 Å². The fraction of sp³-hybridized carbons (Fsp3) is 0.800. The van der Waals surface area contributed by atoms with Gasteiger partial charge in [-0.15, -0.1) is 6.58 Å². The lowest BCUT2D eigenvalue weighted by Gasteiger charge is -2.07. The van der Waals surface area contributed by atoms with Crippen LogP contribution in [0.1, 0.15) is 70.6 Å². The maximum atomic E-state index is 11.1. The van der Waals surface area contributed by atoms with E-state index in [1.165, 1.54) is 38.5 Å². The van der Waals surface area contributed by atoms with Crippen LogP contribution in [0.25, 0.3) is 0 Å². The monoisotopic (exact) mass is 434 g/mol. The van der Waals surface area contributed by atoms with Crippen molar-refractivity contribution in [1.29, 1.82) is 0 Å². The Hall–Kier alpha value is -0.880. The van der Waals surface area contributed by atoms with Gasteiger partial charge in [-0.25, -0.2) is 4.79 Å². The van der Waals surface area contributed by atoms with Crippen LogP contribution in [0.2, 0.25) is 0 Å². The van der Waals surface area contributed by atoms with Gasteiger partial charge in [-0.2, -0.15) is 0 Å². The van der Waals surface area contributed by atoms with Gasteiger partial charge in [0, 0.05) is 6.61 Å². The first kappa shape index (κ1) is 25.1. The third-order valence-electron chi connectivity index (χ3n) is 3.84. The Morgan fingerprint density at radius 2 is 1.65 bits per heavy atom. The highest BCUT2D eigenvalue weighted by molar-refractivity contribution is 9.09. The lowest BCUT2D eigenvalue weighted by Crippen LogP contribution is -2.14. The number of halogens is 1. The number of allylic oxidation sites excluding steroid dienone is 1. The van der Waals surface area contributed by atoms with Gasteiger partial charge in [0.25, 0.3) is 0 Å². The maximum absolute atomic E-state index is 11.1. The van der Waals surface area contributed by atoms with Gasteiger partial charge in [-0.05, 0) is 32.1 Å². The molecule has 0 aromatic heterocycles. The van der Waals surface area contributed by atoms with Crippen molar-refractivity contribution in [1.82, 2.24) is 0 Å². The Labute approximate surface area is 167 Å². The molecule has 5 nitrogen and oxygen atoms in total. The first-order chi connectivity index (χ1) is 12.7. The van der Waals surface area contributed by atoms with Crippen molar-refractivity contribution >= 4 is 27.9 Å². The number of hydrogen-bond acceptors (Lipinski definition) is 5. The first-order valence-electron chi connectivity index (χ1n) is 9.76. The van der Waals surface area contributed by atoms with E-state index in [1.807, 2.05) is 6.08 Å². The molecule has 0 amide bonds.